The van der Waals surface area contributed by atoms with E-state index in [1.807, 2.05) is 0 Å². The summed E-state index contributed by atoms with van der Waals surface area (Å²) >= 11 is 0. The first-order valence-corrected chi connectivity index (χ1v) is 6.87. The molecule has 16 heteroatoms. The van der Waals surface area contributed by atoms with Crippen LogP contribution < -0.4 is 0 Å². The van der Waals surface area contributed by atoms with Gasteiger partial charge in [0, 0.05) is 12.0 Å². The zero-order valence-electron chi connectivity index (χ0n) is 13.8. The number of halogens is 12. The molecule has 0 spiro atoms. The Morgan fingerprint density at radius 2 is 1.34 bits per heavy atom. The average Bonchev–Trinajstić information content (AvgIpc) is 2.56. The molecule has 0 aromatic rings. The van der Waals surface area contributed by atoms with Crippen LogP contribution in [0.15, 0.2) is 11.6 Å². The normalized spacial score (nSPS) is 14.9. The Morgan fingerprint density at radius 3 is 1.69 bits per heavy atom. The Bertz CT molecular complexity index is 656. The Balaban J connectivity index is 6.16. The number of carbonyl (C=O) groups excluding carboxylic acids is 1. The molecule has 0 aromatic carbocycles. The molecule has 0 atom stereocenters. The van der Waals surface area contributed by atoms with Gasteiger partial charge in [0.2, 0.25) is 0 Å². The van der Waals surface area contributed by atoms with E-state index < -0.39 is 66.4 Å². The van der Waals surface area contributed by atoms with Crippen LogP contribution in [0.2, 0.25) is 0 Å². The molecule has 29 heavy (non-hydrogen) atoms. The van der Waals surface area contributed by atoms with Crippen LogP contribution in [0, 0.1) is 0 Å². The molecule has 0 radical (unpaired) electrons. The van der Waals surface area contributed by atoms with Gasteiger partial charge in [0.1, 0.15) is 0 Å². The number of carbonyl (C=O) groups is 2. The molecule has 0 aliphatic heterocycles. The first kappa shape index (κ1) is 26.8. The van der Waals surface area contributed by atoms with E-state index >= 15 is 0 Å². The number of ether oxygens (including phenoxy) is 1. The maximum Gasteiger partial charge on any atom is 0.384 e. The summed E-state index contributed by atoms with van der Waals surface area (Å²) in [7, 11) is 0.575. The average molecular weight is 458 g/mol. The predicted octanol–water partition coefficient (Wildman–Crippen LogP) is 4.39. The first-order valence-electron chi connectivity index (χ1n) is 6.87. The van der Waals surface area contributed by atoms with Crippen LogP contribution in [0.4, 0.5) is 52.7 Å². The molecule has 0 aromatic heterocycles. The SMILES string of the molecule is COC(=O)C(=CCC(F)(F)C(F)(F)C(F)(F)C(F)(F)C(F)(F)C(F)F)CC(=O)O. The predicted molar refractivity (Wildman–Crippen MR) is 67.7 cm³/mol. The molecule has 0 aliphatic carbocycles. The molecule has 0 bridgehead atoms. The van der Waals surface area contributed by atoms with Gasteiger partial charge in [-0.25, -0.2) is 13.6 Å². The number of esters is 1. The molecule has 4 nitrogen and oxygen atoms in total. The third kappa shape index (κ3) is 4.71. The van der Waals surface area contributed by atoms with Gasteiger partial charge in [-0.3, -0.25) is 4.79 Å². The fourth-order valence-electron chi connectivity index (χ4n) is 1.67. The number of alkyl halides is 12. The minimum Gasteiger partial charge on any atom is -0.481 e. The number of hydrogen-bond donors (Lipinski definition) is 1. The number of rotatable bonds is 10. The van der Waals surface area contributed by atoms with Crippen LogP contribution in [-0.2, 0) is 14.3 Å². The van der Waals surface area contributed by atoms with E-state index in [0.29, 0.717) is 7.11 Å². The van der Waals surface area contributed by atoms with Gasteiger partial charge in [-0.05, 0) is 0 Å². The van der Waals surface area contributed by atoms with Gasteiger partial charge in [0.15, 0.2) is 0 Å². The highest BCUT2D eigenvalue weighted by Crippen LogP contribution is 2.58. The van der Waals surface area contributed by atoms with Gasteiger partial charge in [-0.2, -0.15) is 43.9 Å². The van der Waals surface area contributed by atoms with Gasteiger partial charge < -0.3 is 9.84 Å². The fraction of sp³-hybridized carbons (Fsp3) is 0.692. The summed E-state index contributed by atoms with van der Waals surface area (Å²) in [6.45, 7) is 0. The van der Waals surface area contributed by atoms with Crippen molar-refractivity contribution in [3.8, 4) is 0 Å². The van der Waals surface area contributed by atoms with Crippen molar-refractivity contribution in [2.45, 2.75) is 48.9 Å². The third-order valence-corrected chi connectivity index (χ3v) is 3.33. The topological polar surface area (TPSA) is 63.6 Å². The van der Waals surface area contributed by atoms with Crippen molar-refractivity contribution in [3.05, 3.63) is 11.6 Å². The van der Waals surface area contributed by atoms with Crippen LogP contribution in [0.3, 0.4) is 0 Å². The van der Waals surface area contributed by atoms with Crippen LogP contribution in [0.5, 0.6) is 0 Å². The summed E-state index contributed by atoms with van der Waals surface area (Å²) in [5.74, 6) is -39.7. The summed E-state index contributed by atoms with van der Waals surface area (Å²) in [5, 5.41) is 8.44. The van der Waals surface area contributed by atoms with E-state index in [0.717, 1.165) is 0 Å². The van der Waals surface area contributed by atoms with E-state index in [2.05, 4.69) is 4.74 Å². The lowest BCUT2D eigenvalue weighted by atomic mass is 9.92. The molecule has 0 heterocycles. The second kappa shape index (κ2) is 8.30. The fourth-order valence-corrected chi connectivity index (χ4v) is 1.67. The monoisotopic (exact) mass is 458 g/mol. The number of allylic oxidation sites excluding steroid dienone is 1. The first-order chi connectivity index (χ1) is 12.7. The number of methoxy groups -OCH3 is 1. The van der Waals surface area contributed by atoms with E-state index in [1.165, 1.54) is 0 Å². The Labute approximate surface area is 153 Å². The molecule has 170 valence electrons. The van der Waals surface area contributed by atoms with Crippen LogP contribution in [0.25, 0.3) is 0 Å². The smallest absolute Gasteiger partial charge is 0.384 e. The van der Waals surface area contributed by atoms with Crippen molar-refractivity contribution in [2.75, 3.05) is 7.11 Å². The quantitative estimate of drug-likeness (QED) is 0.300. The molecule has 0 rings (SSSR count). The lowest BCUT2D eigenvalue weighted by Gasteiger charge is -2.39. The molecule has 0 amide bonds. The number of carboxylic acid groups (broad SMARTS) is 1. The van der Waals surface area contributed by atoms with Crippen molar-refractivity contribution in [1.82, 2.24) is 0 Å². The summed E-state index contributed by atoms with van der Waals surface area (Å²) in [4.78, 5) is 21.6. The number of carboxylic acids is 1. The molecular formula is C13H10F12O4. The van der Waals surface area contributed by atoms with Gasteiger partial charge in [0.25, 0.3) is 0 Å². The van der Waals surface area contributed by atoms with E-state index in [1.54, 1.807) is 0 Å². The number of hydrogen-bond acceptors (Lipinski definition) is 3. The van der Waals surface area contributed by atoms with E-state index in [4.69, 9.17) is 5.11 Å². The maximum atomic E-state index is 13.5. The Hall–Kier alpha value is -2.16. The second-order valence-corrected chi connectivity index (χ2v) is 5.35. The highest BCUT2D eigenvalue weighted by molar-refractivity contribution is 5.93. The Morgan fingerprint density at radius 1 is 0.897 bits per heavy atom. The summed E-state index contributed by atoms with van der Waals surface area (Å²) < 4.78 is 160. The lowest BCUT2D eigenvalue weighted by Crippen LogP contribution is -2.68. The van der Waals surface area contributed by atoms with Gasteiger partial charge in [-0.15, -0.1) is 0 Å². The van der Waals surface area contributed by atoms with Crippen molar-refractivity contribution in [1.29, 1.82) is 0 Å². The molecule has 0 unspecified atom stereocenters. The molecule has 0 aliphatic rings. The molecular weight excluding hydrogens is 448 g/mol. The van der Waals surface area contributed by atoms with Crippen molar-refractivity contribution >= 4 is 11.9 Å². The molecule has 1 N–H and O–H groups in total. The van der Waals surface area contributed by atoms with Crippen molar-refractivity contribution in [2.24, 2.45) is 0 Å². The number of aliphatic carboxylic acids is 1. The van der Waals surface area contributed by atoms with Crippen molar-refractivity contribution in [3.63, 3.8) is 0 Å². The largest absolute Gasteiger partial charge is 0.481 e. The third-order valence-electron chi connectivity index (χ3n) is 3.33. The van der Waals surface area contributed by atoms with Crippen LogP contribution >= 0.6 is 0 Å². The van der Waals surface area contributed by atoms with Crippen LogP contribution in [-0.4, -0.2) is 60.2 Å². The highest BCUT2D eigenvalue weighted by Gasteiger charge is 2.87. The molecule has 0 saturated carbocycles. The minimum atomic E-state index is -7.70. The lowest BCUT2D eigenvalue weighted by molar-refractivity contribution is -0.412. The van der Waals surface area contributed by atoms with Gasteiger partial charge in [0.05, 0.1) is 13.5 Å². The van der Waals surface area contributed by atoms with E-state index in [-0.39, 0.29) is 6.08 Å². The highest BCUT2D eigenvalue weighted by atomic mass is 19.4. The summed E-state index contributed by atoms with van der Waals surface area (Å²) in [6.07, 6.45) is -10.2. The Kier molecular flexibility index (Phi) is 7.68. The minimum absolute atomic E-state index is 0.382. The van der Waals surface area contributed by atoms with Gasteiger partial charge >= 0.3 is 48.0 Å². The second-order valence-electron chi connectivity index (χ2n) is 5.35. The van der Waals surface area contributed by atoms with Crippen molar-refractivity contribution < 1.29 is 72.1 Å². The maximum absolute atomic E-state index is 13.5. The molecule has 0 fully saturated rings. The zero-order chi connectivity index (χ0) is 23.6. The zero-order valence-corrected chi connectivity index (χ0v) is 13.8. The summed E-state index contributed by atoms with van der Waals surface area (Å²) in [6, 6.07) is 0. The van der Waals surface area contributed by atoms with E-state index in [9.17, 15) is 62.3 Å². The standard InChI is InChI=1S/C13H10F12O4/c1-29-7(28)5(4-6(26)27)2-3-9(16,17)11(20,21)13(24,25)12(22,23)10(18,19)8(14)15/h2,8H,3-4H2,1H3,(H,26,27). The molecule has 0 saturated heterocycles. The summed E-state index contributed by atoms with van der Waals surface area (Å²) in [5.41, 5.74) is -1.30. The van der Waals surface area contributed by atoms with Gasteiger partial charge in [-0.1, -0.05) is 6.08 Å². The van der Waals surface area contributed by atoms with Crippen LogP contribution in [0.1, 0.15) is 12.8 Å².